The Kier molecular flexibility index (Phi) is 4.38. The van der Waals surface area contributed by atoms with Gasteiger partial charge in [0.05, 0.1) is 17.6 Å². The average molecular weight is 330 g/mol. The third-order valence-electron chi connectivity index (χ3n) is 3.18. The first kappa shape index (κ1) is 15.2. The summed E-state index contributed by atoms with van der Waals surface area (Å²) in [7, 11) is 0. The van der Waals surface area contributed by atoms with E-state index in [2.05, 4.69) is 20.3 Å². The second kappa shape index (κ2) is 6.61. The van der Waals surface area contributed by atoms with Crippen LogP contribution in [0.2, 0.25) is 0 Å². The summed E-state index contributed by atoms with van der Waals surface area (Å²) >= 11 is 1.12. The van der Waals surface area contributed by atoms with E-state index in [0.29, 0.717) is 11.0 Å². The Hall–Kier alpha value is -2.68. The Morgan fingerprint density at radius 2 is 2.22 bits per heavy atom. The van der Waals surface area contributed by atoms with Crippen LogP contribution in [0.3, 0.4) is 0 Å². The molecule has 0 saturated heterocycles. The molecule has 1 atom stereocenters. The Labute approximate surface area is 136 Å². The van der Waals surface area contributed by atoms with Gasteiger partial charge in [0.25, 0.3) is 0 Å². The molecule has 0 fully saturated rings. The quantitative estimate of drug-likeness (QED) is 0.686. The fraction of sp³-hybridized carbons (Fsp3) is 0.214. The van der Waals surface area contributed by atoms with Crippen LogP contribution < -0.4 is 0 Å². The first-order valence-electron chi connectivity index (χ1n) is 6.86. The molecule has 0 aromatic carbocycles. The van der Waals surface area contributed by atoms with Crippen LogP contribution in [0.25, 0.3) is 5.69 Å². The molecule has 0 aliphatic heterocycles. The van der Waals surface area contributed by atoms with Crippen LogP contribution in [0.5, 0.6) is 0 Å². The van der Waals surface area contributed by atoms with Crippen LogP contribution in [0.15, 0.2) is 48.1 Å². The molecule has 118 valence electrons. The van der Waals surface area contributed by atoms with E-state index in [-0.39, 0.29) is 11.8 Å². The second-order valence-corrected chi connectivity index (χ2v) is 5.67. The van der Waals surface area contributed by atoms with Gasteiger partial charge in [-0.2, -0.15) is 5.10 Å². The molecule has 0 radical (unpaired) electrons. The molecule has 3 rings (SSSR count). The number of aromatic nitrogens is 6. The fourth-order valence-electron chi connectivity index (χ4n) is 2.13. The standard InChI is InChI=1S/C14H14N6O2S/c1-10(19-7-3-6-16-19)13-17-18-14(23-9-12(21)22)20(13)11-4-2-5-15-8-11/h2-8,10H,9H2,1H3,(H,21,22). The van der Waals surface area contributed by atoms with Gasteiger partial charge in [-0.3, -0.25) is 19.0 Å². The summed E-state index contributed by atoms with van der Waals surface area (Å²) in [6.45, 7) is 1.95. The van der Waals surface area contributed by atoms with Crippen molar-refractivity contribution < 1.29 is 9.90 Å². The molecule has 1 unspecified atom stereocenters. The van der Waals surface area contributed by atoms with Crippen molar-refractivity contribution in [1.82, 2.24) is 29.5 Å². The number of thioether (sulfide) groups is 1. The number of carbonyl (C=O) groups is 1. The van der Waals surface area contributed by atoms with Crippen molar-refractivity contribution >= 4 is 17.7 Å². The van der Waals surface area contributed by atoms with Crippen molar-refractivity contribution in [3.05, 3.63) is 48.8 Å². The lowest BCUT2D eigenvalue weighted by Crippen LogP contribution is -2.14. The molecule has 3 aromatic rings. The molecule has 0 spiro atoms. The molecule has 0 aliphatic rings. The number of nitrogens with zero attached hydrogens (tertiary/aromatic N) is 6. The largest absolute Gasteiger partial charge is 0.481 e. The molecular weight excluding hydrogens is 316 g/mol. The minimum absolute atomic E-state index is 0.0887. The van der Waals surface area contributed by atoms with E-state index in [4.69, 9.17) is 5.11 Å². The van der Waals surface area contributed by atoms with Crippen molar-refractivity contribution in [2.75, 3.05) is 5.75 Å². The summed E-state index contributed by atoms with van der Waals surface area (Å²) in [5.74, 6) is -0.332. The summed E-state index contributed by atoms with van der Waals surface area (Å²) in [4.78, 5) is 15.0. The first-order chi connectivity index (χ1) is 11.2. The molecule has 3 aromatic heterocycles. The minimum Gasteiger partial charge on any atom is -0.481 e. The van der Waals surface area contributed by atoms with E-state index >= 15 is 0 Å². The number of hydrogen-bond donors (Lipinski definition) is 1. The van der Waals surface area contributed by atoms with Gasteiger partial charge in [0.2, 0.25) is 0 Å². The Morgan fingerprint density at radius 3 is 2.87 bits per heavy atom. The van der Waals surface area contributed by atoms with E-state index < -0.39 is 5.97 Å². The van der Waals surface area contributed by atoms with Gasteiger partial charge in [-0.1, -0.05) is 11.8 Å². The van der Waals surface area contributed by atoms with Gasteiger partial charge in [-0.15, -0.1) is 10.2 Å². The SMILES string of the molecule is CC(c1nnc(SCC(=O)O)n1-c1cccnc1)n1cccn1. The van der Waals surface area contributed by atoms with Gasteiger partial charge in [-0.05, 0) is 25.1 Å². The lowest BCUT2D eigenvalue weighted by atomic mass is 10.3. The van der Waals surface area contributed by atoms with Crippen LogP contribution in [-0.2, 0) is 4.79 Å². The van der Waals surface area contributed by atoms with Crippen molar-refractivity contribution in [2.24, 2.45) is 0 Å². The normalized spacial score (nSPS) is 12.2. The van der Waals surface area contributed by atoms with Crippen LogP contribution in [0.1, 0.15) is 18.8 Å². The number of carboxylic acid groups (broad SMARTS) is 1. The predicted octanol–water partition coefficient (Wildman–Crippen LogP) is 1.64. The van der Waals surface area contributed by atoms with Crippen molar-refractivity contribution in [3.8, 4) is 5.69 Å². The zero-order valence-corrected chi connectivity index (χ0v) is 13.1. The minimum atomic E-state index is -0.905. The van der Waals surface area contributed by atoms with Crippen LogP contribution in [0, 0.1) is 0 Å². The maximum atomic E-state index is 10.8. The van der Waals surface area contributed by atoms with Crippen LogP contribution in [-0.4, -0.2) is 46.4 Å². The summed E-state index contributed by atoms with van der Waals surface area (Å²) in [5, 5.41) is 22.0. The smallest absolute Gasteiger partial charge is 0.313 e. The molecular formula is C14H14N6O2S. The molecule has 23 heavy (non-hydrogen) atoms. The van der Waals surface area contributed by atoms with Crippen LogP contribution >= 0.6 is 11.8 Å². The number of hydrogen-bond acceptors (Lipinski definition) is 6. The maximum Gasteiger partial charge on any atom is 0.313 e. The fourth-order valence-corrected chi connectivity index (χ4v) is 2.81. The predicted molar refractivity (Wildman–Crippen MR) is 83.6 cm³/mol. The third-order valence-corrected chi connectivity index (χ3v) is 4.10. The van der Waals surface area contributed by atoms with E-state index in [1.807, 2.05) is 35.9 Å². The molecule has 8 nitrogen and oxygen atoms in total. The van der Waals surface area contributed by atoms with Crippen molar-refractivity contribution in [2.45, 2.75) is 18.1 Å². The lowest BCUT2D eigenvalue weighted by molar-refractivity contribution is -0.133. The molecule has 3 heterocycles. The molecule has 1 N–H and O–H groups in total. The Balaban J connectivity index is 2.04. The van der Waals surface area contributed by atoms with E-state index in [0.717, 1.165) is 17.4 Å². The van der Waals surface area contributed by atoms with Crippen LogP contribution in [0.4, 0.5) is 0 Å². The molecule has 0 aliphatic carbocycles. The highest BCUT2D eigenvalue weighted by atomic mass is 32.2. The summed E-state index contributed by atoms with van der Waals surface area (Å²) in [6, 6.07) is 5.36. The molecule has 9 heteroatoms. The average Bonchev–Trinajstić information content (AvgIpc) is 3.22. The maximum absolute atomic E-state index is 10.8. The number of rotatable bonds is 6. The Morgan fingerprint density at radius 1 is 1.35 bits per heavy atom. The second-order valence-electron chi connectivity index (χ2n) is 4.73. The van der Waals surface area contributed by atoms with Gasteiger partial charge in [0, 0.05) is 18.6 Å². The molecule has 0 bridgehead atoms. The Bertz CT molecular complexity index is 787. The molecule has 0 amide bonds. The summed E-state index contributed by atoms with van der Waals surface area (Å²) < 4.78 is 3.58. The van der Waals surface area contributed by atoms with E-state index in [1.165, 1.54) is 0 Å². The van der Waals surface area contributed by atoms with Crippen molar-refractivity contribution in [3.63, 3.8) is 0 Å². The topological polar surface area (TPSA) is 98.7 Å². The number of aliphatic carboxylic acids is 1. The number of pyridine rings is 1. The van der Waals surface area contributed by atoms with Gasteiger partial charge in [0.15, 0.2) is 11.0 Å². The number of carboxylic acids is 1. The van der Waals surface area contributed by atoms with E-state index in [1.54, 1.807) is 23.3 Å². The lowest BCUT2D eigenvalue weighted by Gasteiger charge is -2.14. The highest BCUT2D eigenvalue weighted by molar-refractivity contribution is 7.99. The molecule has 0 saturated carbocycles. The third kappa shape index (κ3) is 3.24. The zero-order valence-electron chi connectivity index (χ0n) is 12.3. The van der Waals surface area contributed by atoms with Gasteiger partial charge in [-0.25, -0.2) is 0 Å². The van der Waals surface area contributed by atoms with E-state index in [9.17, 15) is 4.79 Å². The highest BCUT2D eigenvalue weighted by Crippen LogP contribution is 2.25. The zero-order chi connectivity index (χ0) is 16.2. The first-order valence-corrected chi connectivity index (χ1v) is 7.85. The van der Waals surface area contributed by atoms with Crippen molar-refractivity contribution in [1.29, 1.82) is 0 Å². The van der Waals surface area contributed by atoms with Gasteiger partial charge in [0.1, 0.15) is 6.04 Å². The highest BCUT2D eigenvalue weighted by Gasteiger charge is 2.21. The summed E-state index contributed by atoms with van der Waals surface area (Å²) in [6.07, 6.45) is 6.90. The van der Waals surface area contributed by atoms with Gasteiger partial charge >= 0.3 is 5.97 Å². The summed E-state index contributed by atoms with van der Waals surface area (Å²) in [5.41, 5.74) is 0.777. The van der Waals surface area contributed by atoms with Gasteiger partial charge < -0.3 is 5.11 Å². The monoisotopic (exact) mass is 330 g/mol.